The van der Waals surface area contributed by atoms with Crippen LogP contribution in [-0.2, 0) is 19.1 Å². The molecular formula is C25H38N2O6. The summed E-state index contributed by atoms with van der Waals surface area (Å²) in [7, 11) is 0. The zero-order valence-corrected chi connectivity index (χ0v) is 19.9. The van der Waals surface area contributed by atoms with Crippen molar-refractivity contribution in [3.8, 4) is 0 Å². The Kier molecular flexibility index (Phi) is 6.62. The number of carbonyl (C=O) groups excluding carboxylic acids is 2. The monoisotopic (exact) mass is 462 g/mol. The Hall–Kier alpha value is -1.93. The van der Waals surface area contributed by atoms with Crippen LogP contribution in [-0.4, -0.2) is 80.3 Å². The summed E-state index contributed by atoms with van der Waals surface area (Å²) in [6.07, 6.45) is 8.73. The van der Waals surface area contributed by atoms with Gasteiger partial charge in [-0.3, -0.25) is 14.4 Å². The van der Waals surface area contributed by atoms with E-state index in [4.69, 9.17) is 4.74 Å². The molecule has 6 atom stereocenters. The number of carboxylic acid groups (broad SMARTS) is 1. The minimum Gasteiger partial charge on any atom is -0.481 e. The van der Waals surface area contributed by atoms with E-state index in [0.29, 0.717) is 32.2 Å². The van der Waals surface area contributed by atoms with Gasteiger partial charge >= 0.3 is 5.97 Å². The van der Waals surface area contributed by atoms with E-state index in [-0.39, 0.29) is 24.5 Å². The molecule has 3 heterocycles. The molecule has 4 rings (SSSR count). The van der Waals surface area contributed by atoms with Crippen molar-refractivity contribution < 1.29 is 29.3 Å². The molecule has 3 saturated heterocycles. The molecule has 0 aromatic rings. The number of rotatable bonds is 9. The van der Waals surface area contributed by atoms with Crippen molar-refractivity contribution in [2.45, 2.75) is 101 Å². The van der Waals surface area contributed by atoms with Crippen LogP contribution in [0.3, 0.4) is 0 Å². The van der Waals surface area contributed by atoms with Gasteiger partial charge in [0, 0.05) is 12.6 Å². The average molecular weight is 463 g/mol. The van der Waals surface area contributed by atoms with E-state index in [2.05, 4.69) is 6.58 Å². The van der Waals surface area contributed by atoms with E-state index in [0.717, 1.165) is 32.1 Å². The van der Waals surface area contributed by atoms with E-state index in [1.54, 1.807) is 6.08 Å². The lowest BCUT2D eigenvalue weighted by atomic mass is 9.65. The predicted octanol–water partition coefficient (Wildman–Crippen LogP) is 2.34. The van der Waals surface area contributed by atoms with Crippen molar-refractivity contribution >= 4 is 17.8 Å². The van der Waals surface area contributed by atoms with Crippen LogP contribution in [0.1, 0.15) is 71.6 Å². The summed E-state index contributed by atoms with van der Waals surface area (Å²) in [6.45, 7) is 7.71. The Balaban J connectivity index is 1.81. The van der Waals surface area contributed by atoms with E-state index in [1.807, 2.05) is 18.7 Å². The Bertz CT molecular complexity index is 807. The normalized spacial score (nSPS) is 36.6. The second kappa shape index (κ2) is 9.02. The lowest BCUT2D eigenvalue weighted by Crippen LogP contribution is -2.60. The number of aliphatic hydroxyl groups excluding tert-OH is 1. The summed E-state index contributed by atoms with van der Waals surface area (Å²) in [6, 6.07) is -1.41. The molecule has 2 amide bonds. The van der Waals surface area contributed by atoms with Crippen molar-refractivity contribution in [3.63, 3.8) is 0 Å². The molecule has 1 saturated carbocycles. The Labute approximate surface area is 195 Å². The molecular weight excluding hydrogens is 424 g/mol. The molecule has 4 fully saturated rings. The fourth-order valence-corrected chi connectivity index (χ4v) is 7.23. The Morgan fingerprint density at radius 1 is 1.27 bits per heavy atom. The van der Waals surface area contributed by atoms with Crippen molar-refractivity contribution in [3.05, 3.63) is 12.7 Å². The fraction of sp³-hybridized carbons (Fsp3) is 0.800. The van der Waals surface area contributed by atoms with Crippen LogP contribution in [0, 0.1) is 11.8 Å². The lowest BCUT2D eigenvalue weighted by Gasteiger charge is -2.42. The van der Waals surface area contributed by atoms with Gasteiger partial charge in [-0.25, -0.2) is 0 Å². The number of amides is 2. The van der Waals surface area contributed by atoms with Crippen molar-refractivity contribution in [1.29, 1.82) is 0 Å². The van der Waals surface area contributed by atoms with Crippen LogP contribution in [0.5, 0.6) is 0 Å². The van der Waals surface area contributed by atoms with Crippen LogP contribution >= 0.6 is 0 Å². The summed E-state index contributed by atoms with van der Waals surface area (Å²) in [5, 5.41) is 20.3. The van der Waals surface area contributed by atoms with Crippen molar-refractivity contribution in [2.24, 2.45) is 11.8 Å². The standard InChI is InChI=1S/C25H38N2O6/c1-4-14-26(17-10-8-7-9-11-17)22(30)20-25-13-12-24(6-3,33-25)19(23(31)32)18(25)21(29)27(20)16(5-2)15-28/h4,16-20,28H,1,5-15H2,2-3H3,(H,31,32)/t16-,18-,19+,20?,24-,25?/m0/s1. The third kappa shape index (κ3) is 3.43. The zero-order chi connectivity index (χ0) is 24.0. The van der Waals surface area contributed by atoms with Gasteiger partial charge in [0.05, 0.1) is 24.2 Å². The second-order valence-electron chi connectivity index (χ2n) is 10.2. The molecule has 33 heavy (non-hydrogen) atoms. The highest BCUT2D eigenvalue weighted by molar-refractivity contribution is 5.98. The van der Waals surface area contributed by atoms with Gasteiger partial charge < -0.3 is 24.7 Å². The molecule has 0 radical (unpaired) electrons. The third-order valence-electron chi connectivity index (χ3n) is 8.82. The fourth-order valence-electron chi connectivity index (χ4n) is 7.23. The number of nitrogens with zero attached hydrogens (tertiary/aromatic N) is 2. The van der Waals surface area contributed by atoms with E-state index < -0.39 is 41.1 Å². The topological polar surface area (TPSA) is 107 Å². The first-order chi connectivity index (χ1) is 15.8. The maximum absolute atomic E-state index is 14.3. The number of aliphatic hydroxyl groups is 1. The summed E-state index contributed by atoms with van der Waals surface area (Å²) in [5.41, 5.74) is -2.09. The smallest absolute Gasteiger partial charge is 0.310 e. The Morgan fingerprint density at radius 2 is 1.97 bits per heavy atom. The molecule has 4 aliphatic rings. The molecule has 3 aliphatic heterocycles. The van der Waals surface area contributed by atoms with Crippen LogP contribution in [0.2, 0.25) is 0 Å². The Morgan fingerprint density at radius 3 is 2.52 bits per heavy atom. The minimum absolute atomic E-state index is 0.0693. The molecule has 2 unspecified atom stereocenters. The average Bonchev–Trinajstić information content (AvgIpc) is 3.43. The van der Waals surface area contributed by atoms with Gasteiger partial charge in [0.25, 0.3) is 0 Å². The molecule has 2 bridgehead atoms. The maximum atomic E-state index is 14.3. The summed E-state index contributed by atoms with van der Waals surface area (Å²) < 4.78 is 6.59. The van der Waals surface area contributed by atoms with Crippen LogP contribution in [0.4, 0.5) is 0 Å². The minimum atomic E-state index is -1.16. The molecule has 1 spiro atoms. The number of fused-ring (bicyclic) bond motifs is 1. The number of hydrogen-bond acceptors (Lipinski definition) is 5. The van der Waals surface area contributed by atoms with Gasteiger partial charge in [-0.15, -0.1) is 6.58 Å². The second-order valence-corrected chi connectivity index (χ2v) is 10.2. The molecule has 0 aromatic carbocycles. The highest BCUT2D eigenvalue weighted by Crippen LogP contribution is 2.64. The quantitative estimate of drug-likeness (QED) is 0.510. The first-order valence-electron chi connectivity index (χ1n) is 12.6. The third-order valence-corrected chi connectivity index (χ3v) is 8.82. The number of carboxylic acids is 1. The van der Waals surface area contributed by atoms with Crippen molar-refractivity contribution in [2.75, 3.05) is 13.2 Å². The highest BCUT2D eigenvalue weighted by Gasteiger charge is 2.79. The molecule has 8 heteroatoms. The molecule has 184 valence electrons. The maximum Gasteiger partial charge on any atom is 0.310 e. The number of aliphatic carboxylic acids is 1. The zero-order valence-electron chi connectivity index (χ0n) is 19.9. The van der Waals surface area contributed by atoms with Gasteiger partial charge in [-0.1, -0.05) is 39.2 Å². The van der Waals surface area contributed by atoms with E-state index in [1.165, 1.54) is 4.90 Å². The predicted molar refractivity (Wildman–Crippen MR) is 121 cm³/mol. The van der Waals surface area contributed by atoms with E-state index in [9.17, 15) is 24.6 Å². The van der Waals surface area contributed by atoms with Gasteiger partial charge in [0.15, 0.2) is 0 Å². The highest BCUT2D eigenvalue weighted by atomic mass is 16.5. The number of likely N-dealkylation sites (tertiary alicyclic amines) is 1. The van der Waals surface area contributed by atoms with Gasteiger partial charge in [-0.05, 0) is 38.5 Å². The first kappa shape index (κ1) is 24.2. The number of carbonyl (C=O) groups is 3. The SMILES string of the molecule is C=CCN(C(=O)C1N([C@@H](CC)CO)C(=O)[C@@H]2[C@H](C(=O)O)[C@]3(CC)CCC12O3)C1CCCCC1. The van der Waals surface area contributed by atoms with Crippen LogP contribution < -0.4 is 0 Å². The number of hydrogen-bond donors (Lipinski definition) is 2. The molecule has 2 N–H and O–H groups in total. The van der Waals surface area contributed by atoms with Gasteiger partial charge in [0.2, 0.25) is 11.8 Å². The van der Waals surface area contributed by atoms with Gasteiger partial charge in [-0.2, -0.15) is 0 Å². The largest absolute Gasteiger partial charge is 0.481 e. The first-order valence-corrected chi connectivity index (χ1v) is 12.6. The summed E-state index contributed by atoms with van der Waals surface area (Å²) >= 11 is 0. The molecule has 0 aromatic heterocycles. The van der Waals surface area contributed by atoms with Crippen LogP contribution in [0.15, 0.2) is 12.7 Å². The number of ether oxygens (including phenoxy) is 1. The summed E-state index contributed by atoms with van der Waals surface area (Å²) in [5.74, 6) is -3.49. The molecule has 8 nitrogen and oxygen atoms in total. The van der Waals surface area contributed by atoms with Crippen LogP contribution in [0.25, 0.3) is 0 Å². The van der Waals surface area contributed by atoms with Crippen molar-refractivity contribution in [1.82, 2.24) is 9.80 Å². The van der Waals surface area contributed by atoms with E-state index >= 15 is 0 Å². The van der Waals surface area contributed by atoms with Gasteiger partial charge in [0.1, 0.15) is 17.6 Å². The summed E-state index contributed by atoms with van der Waals surface area (Å²) in [4.78, 5) is 43.9. The lowest BCUT2D eigenvalue weighted by molar-refractivity contribution is -0.161. The molecule has 1 aliphatic carbocycles.